The summed E-state index contributed by atoms with van der Waals surface area (Å²) in [7, 11) is 1.62. The monoisotopic (exact) mass is 307 g/mol. The Morgan fingerprint density at radius 1 is 1.26 bits per heavy atom. The molecule has 7 nitrogen and oxygen atoms in total. The van der Waals surface area contributed by atoms with Crippen molar-refractivity contribution in [2.24, 2.45) is 4.99 Å². The smallest absolute Gasteiger partial charge is 0.272 e. The van der Waals surface area contributed by atoms with Crippen LogP contribution in [-0.4, -0.2) is 27.3 Å². The molecule has 0 amide bonds. The van der Waals surface area contributed by atoms with E-state index in [0.717, 1.165) is 16.3 Å². The fraction of sp³-hybridized carbons (Fsp3) is 0.0625. The first-order valence-corrected chi connectivity index (χ1v) is 7.01. The van der Waals surface area contributed by atoms with Crippen molar-refractivity contribution in [3.63, 3.8) is 0 Å². The van der Waals surface area contributed by atoms with Crippen LogP contribution in [0.3, 0.4) is 0 Å². The molecule has 1 aromatic carbocycles. The number of H-pyrrole nitrogens is 3. The number of aromatic amines is 3. The molecule has 0 atom stereocenters. The van der Waals surface area contributed by atoms with Gasteiger partial charge in [-0.1, -0.05) is 0 Å². The average Bonchev–Trinajstić information content (AvgIpc) is 3.27. The standard InChI is InChI=1S/C16H13N5O2/c1-23-11-2-3-13-9(7-11)6-10(19-13)8-12-14(20-21-16(12)22)15-17-4-5-18-15/h2-8H,1H3,(H,17,18)(H2,20,21,22)/b10-8+. The molecule has 3 heterocycles. The first-order valence-electron chi connectivity index (χ1n) is 7.01. The summed E-state index contributed by atoms with van der Waals surface area (Å²) >= 11 is 0. The van der Waals surface area contributed by atoms with E-state index in [0.29, 0.717) is 22.8 Å². The van der Waals surface area contributed by atoms with Crippen LogP contribution in [0.4, 0.5) is 0 Å². The van der Waals surface area contributed by atoms with Crippen LogP contribution in [0.15, 0.2) is 46.1 Å². The van der Waals surface area contributed by atoms with Gasteiger partial charge < -0.3 is 9.72 Å². The SMILES string of the molecule is COc1ccc2c(c1)=C/C(=C\c1c(-c3ncc[nH]3)[nH][nH]c1=O)N=2. The summed E-state index contributed by atoms with van der Waals surface area (Å²) in [6, 6.07) is 5.66. The largest absolute Gasteiger partial charge is 0.497 e. The lowest BCUT2D eigenvalue weighted by Gasteiger charge is -1.95. The zero-order chi connectivity index (χ0) is 15.8. The van der Waals surface area contributed by atoms with Crippen molar-refractivity contribution in [1.82, 2.24) is 20.2 Å². The van der Waals surface area contributed by atoms with Crippen LogP contribution in [0.2, 0.25) is 0 Å². The van der Waals surface area contributed by atoms with Gasteiger partial charge in [0.1, 0.15) is 11.4 Å². The van der Waals surface area contributed by atoms with E-state index in [1.165, 1.54) is 0 Å². The summed E-state index contributed by atoms with van der Waals surface area (Å²) < 4.78 is 5.21. The molecule has 0 aliphatic carbocycles. The van der Waals surface area contributed by atoms with Crippen molar-refractivity contribution < 1.29 is 4.74 Å². The highest BCUT2D eigenvalue weighted by Gasteiger charge is 2.13. The number of fused-ring (bicyclic) bond motifs is 1. The third-order valence-electron chi connectivity index (χ3n) is 3.63. The second-order valence-electron chi connectivity index (χ2n) is 5.06. The first-order chi connectivity index (χ1) is 11.2. The van der Waals surface area contributed by atoms with Gasteiger partial charge in [0.15, 0.2) is 5.82 Å². The van der Waals surface area contributed by atoms with Gasteiger partial charge in [0.25, 0.3) is 5.56 Å². The number of imidazole rings is 1. The number of nitrogens with zero attached hydrogens (tertiary/aromatic N) is 2. The van der Waals surface area contributed by atoms with Crippen LogP contribution >= 0.6 is 0 Å². The Morgan fingerprint density at radius 2 is 2.17 bits per heavy atom. The molecule has 1 aliphatic rings. The van der Waals surface area contributed by atoms with Gasteiger partial charge in [0.2, 0.25) is 0 Å². The van der Waals surface area contributed by atoms with Crippen molar-refractivity contribution in [3.05, 3.63) is 62.8 Å². The van der Waals surface area contributed by atoms with Crippen LogP contribution in [-0.2, 0) is 0 Å². The predicted molar refractivity (Wildman–Crippen MR) is 85.2 cm³/mol. The maximum absolute atomic E-state index is 12.0. The quantitative estimate of drug-likeness (QED) is 0.659. The maximum Gasteiger partial charge on any atom is 0.272 e. The molecule has 0 saturated carbocycles. The molecule has 0 bridgehead atoms. The molecule has 0 unspecified atom stereocenters. The molecular weight excluding hydrogens is 294 g/mol. The molecule has 0 spiro atoms. The Bertz CT molecular complexity index is 1070. The minimum Gasteiger partial charge on any atom is -0.497 e. The number of benzene rings is 1. The second-order valence-corrected chi connectivity index (χ2v) is 5.06. The van der Waals surface area contributed by atoms with E-state index >= 15 is 0 Å². The van der Waals surface area contributed by atoms with Crippen molar-refractivity contribution >= 4 is 12.2 Å². The van der Waals surface area contributed by atoms with Crippen LogP contribution in [0, 0.1) is 0 Å². The van der Waals surface area contributed by atoms with E-state index < -0.39 is 0 Å². The normalized spacial score (nSPS) is 14.4. The van der Waals surface area contributed by atoms with Crippen molar-refractivity contribution in [1.29, 1.82) is 0 Å². The molecule has 114 valence electrons. The van der Waals surface area contributed by atoms with Crippen molar-refractivity contribution in [3.8, 4) is 17.3 Å². The lowest BCUT2D eigenvalue weighted by Crippen LogP contribution is -2.20. The number of hydrogen-bond donors (Lipinski definition) is 3. The van der Waals surface area contributed by atoms with Crippen molar-refractivity contribution in [2.75, 3.05) is 7.11 Å². The first kappa shape index (κ1) is 13.3. The topological polar surface area (TPSA) is 98.9 Å². The lowest BCUT2D eigenvalue weighted by atomic mass is 10.2. The highest BCUT2D eigenvalue weighted by Crippen LogP contribution is 2.18. The van der Waals surface area contributed by atoms with E-state index in [1.54, 1.807) is 25.6 Å². The number of hydrogen-bond acceptors (Lipinski definition) is 4. The summed E-state index contributed by atoms with van der Waals surface area (Å²) in [5.41, 5.74) is 1.56. The van der Waals surface area contributed by atoms with Crippen LogP contribution < -0.4 is 20.9 Å². The van der Waals surface area contributed by atoms with Gasteiger partial charge in [0.05, 0.1) is 23.7 Å². The maximum atomic E-state index is 12.0. The zero-order valence-corrected chi connectivity index (χ0v) is 12.3. The van der Waals surface area contributed by atoms with Gasteiger partial charge in [-0.2, -0.15) is 0 Å². The van der Waals surface area contributed by atoms with Gasteiger partial charge in [-0.3, -0.25) is 15.0 Å². The van der Waals surface area contributed by atoms with E-state index in [4.69, 9.17) is 4.74 Å². The van der Waals surface area contributed by atoms with Gasteiger partial charge in [-0.05, 0) is 30.4 Å². The Kier molecular flexibility index (Phi) is 2.97. The number of aromatic nitrogens is 4. The number of ether oxygens (including phenoxy) is 1. The van der Waals surface area contributed by atoms with Crippen LogP contribution in [0.1, 0.15) is 5.56 Å². The van der Waals surface area contributed by atoms with E-state index in [2.05, 4.69) is 25.2 Å². The molecule has 0 radical (unpaired) electrons. The fourth-order valence-electron chi connectivity index (χ4n) is 2.52. The fourth-order valence-corrected chi connectivity index (χ4v) is 2.52. The van der Waals surface area contributed by atoms with Gasteiger partial charge >= 0.3 is 0 Å². The Hall–Kier alpha value is -3.35. The van der Waals surface area contributed by atoms with E-state index in [1.807, 2.05) is 24.3 Å². The summed E-state index contributed by atoms with van der Waals surface area (Å²) in [4.78, 5) is 23.7. The Labute approximate surface area is 130 Å². The van der Waals surface area contributed by atoms with E-state index in [9.17, 15) is 4.79 Å². The third kappa shape index (κ3) is 2.28. The van der Waals surface area contributed by atoms with Gasteiger partial charge in [0, 0.05) is 17.6 Å². The predicted octanol–water partition coefficient (Wildman–Crippen LogP) is 0.556. The number of allylic oxidation sites excluding steroid dienone is 1. The van der Waals surface area contributed by atoms with E-state index in [-0.39, 0.29) is 5.56 Å². The summed E-state index contributed by atoms with van der Waals surface area (Å²) in [6.45, 7) is 0. The number of nitrogens with one attached hydrogen (secondary N) is 3. The second kappa shape index (κ2) is 5.13. The molecule has 3 aromatic rings. The molecule has 2 aromatic heterocycles. The average molecular weight is 307 g/mol. The van der Waals surface area contributed by atoms with Gasteiger partial charge in [-0.15, -0.1) is 0 Å². The van der Waals surface area contributed by atoms with Crippen molar-refractivity contribution in [2.45, 2.75) is 0 Å². The molecule has 4 rings (SSSR count). The van der Waals surface area contributed by atoms with Crippen LogP contribution in [0.5, 0.6) is 5.75 Å². The van der Waals surface area contributed by atoms with Crippen LogP contribution in [0.25, 0.3) is 23.7 Å². The molecule has 0 saturated heterocycles. The molecule has 0 fully saturated rings. The molecule has 23 heavy (non-hydrogen) atoms. The van der Waals surface area contributed by atoms with Gasteiger partial charge in [-0.25, -0.2) is 9.98 Å². The lowest BCUT2D eigenvalue weighted by molar-refractivity contribution is 0.414. The minimum absolute atomic E-state index is 0.221. The summed E-state index contributed by atoms with van der Waals surface area (Å²) in [5, 5.41) is 7.23. The molecular formula is C16H13N5O2. The Balaban J connectivity index is 1.83. The Morgan fingerprint density at radius 3 is 2.96 bits per heavy atom. The molecule has 7 heteroatoms. The number of methoxy groups -OCH3 is 1. The minimum atomic E-state index is -0.221. The zero-order valence-electron chi connectivity index (χ0n) is 12.3. The summed E-state index contributed by atoms with van der Waals surface area (Å²) in [5.74, 6) is 1.36. The molecule has 3 N–H and O–H groups in total. The highest BCUT2D eigenvalue weighted by atomic mass is 16.5. The highest BCUT2D eigenvalue weighted by molar-refractivity contribution is 5.73. The molecule has 1 aliphatic heterocycles. The third-order valence-corrected chi connectivity index (χ3v) is 3.63. The summed E-state index contributed by atoms with van der Waals surface area (Å²) in [6.07, 6.45) is 6.98. The number of rotatable bonds is 3.